The number of nitrogens with zero attached hydrogens (tertiary/aromatic N) is 1. The quantitative estimate of drug-likeness (QED) is 0.746. The van der Waals surface area contributed by atoms with Crippen LogP contribution in [-0.2, 0) is 9.05 Å². The number of amides is 1. The first-order valence-corrected chi connectivity index (χ1v) is 9.73. The van der Waals surface area contributed by atoms with Crippen LogP contribution < -0.4 is 0 Å². The fourth-order valence-electron chi connectivity index (χ4n) is 1.88. The Bertz CT molecular complexity index is 580. The smallest absolute Gasteiger partial charge is 0.271 e. The average Bonchev–Trinajstić information content (AvgIpc) is 2.76. The lowest BCUT2D eigenvalue weighted by atomic mass is 10.1. The highest BCUT2D eigenvalue weighted by Crippen LogP contribution is 2.30. The maximum absolute atomic E-state index is 12.5. The molecule has 0 radical (unpaired) electrons. The number of carbonyl (C=O) groups is 1. The summed E-state index contributed by atoms with van der Waals surface area (Å²) < 4.78 is 22.9. The molecule has 1 amide bonds. The molecule has 0 saturated carbocycles. The van der Waals surface area contributed by atoms with E-state index in [0.717, 1.165) is 17.8 Å². The molecule has 7 heteroatoms. The molecular weight excluding hydrogens is 318 g/mol. The largest absolute Gasteiger partial charge is 0.339 e. The molecule has 114 valence electrons. The maximum Gasteiger partial charge on any atom is 0.271 e. The van der Waals surface area contributed by atoms with Gasteiger partial charge in [0.15, 0.2) is 0 Å². The Kier molecular flexibility index (Phi) is 6.04. The summed E-state index contributed by atoms with van der Waals surface area (Å²) in [7, 11) is 1.57. The monoisotopic (exact) mass is 337 g/mol. The Hall–Kier alpha value is -0.590. The second-order valence-electron chi connectivity index (χ2n) is 4.86. The van der Waals surface area contributed by atoms with Gasteiger partial charge in [-0.1, -0.05) is 20.3 Å². The molecule has 1 unspecified atom stereocenters. The molecule has 0 N–H and O–H groups in total. The zero-order valence-electron chi connectivity index (χ0n) is 12.1. The van der Waals surface area contributed by atoms with E-state index in [1.54, 1.807) is 17.2 Å². The zero-order valence-corrected chi connectivity index (χ0v) is 14.5. The molecule has 4 nitrogen and oxygen atoms in total. The molecular formula is C13H20ClNO3S2. The normalized spacial score (nSPS) is 13.2. The van der Waals surface area contributed by atoms with Gasteiger partial charge in [-0.15, -0.1) is 11.3 Å². The molecule has 0 spiro atoms. The minimum Gasteiger partial charge on any atom is -0.339 e. The van der Waals surface area contributed by atoms with E-state index in [2.05, 4.69) is 13.8 Å². The molecule has 1 rings (SSSR count). The molecule has 20 heavy (non-hydrogen) atoms. The second-order valence-corrected chi connectivity index (χ2v) is 8.50. The van der Waals surface area contributed by atoms with E-state index in [9.17, 15) is 13.2 Å². The predicted octanol–water partition coefficient (Wildman–Crippen LogP) is 3.49. The van der Waals surface area contributed by atoms with Gasteiger partial charge >= 0.3 is 0 Å². The van der Waals surface area contributed by atoms with Crippen LogP contribution in [0.1, 0.15) is 43.1 Å². The van der Waals surface area contributed by atoms with Gasteiger partial charge in [-0.05, 0) is 25.3 Å². The molecule has 0 fully saturated rings. The summed E-state index contributed by atoms with van der Waals surface area (Å²) in [5.74, 6) is 0.280. The SMILES string of the molecule is CCC(C)CN(CC)C(=O)c1csc(S(=O)(=O)Cl)c1C. The molecule has 0 aliphatic heterocycles. The van der Waals surface area contributed by atoms with Crippen molar-refractivity contribution in [3.05, 3.63) is 16.5 Å². The first-order chi connectivity index (χ1) is 9.22. The van der Waals surface area contributed by atoms with Crippen LogP contribution in [0.5, 0.6) is 0 Å². The van der Waals surface area contributed by atoms with Gasteiger partial charge in [0, 0.05) is 29.2 Å². The lowest BCUT2D eigenvalue weighted by Crippen LogP contribution is -2.34. The summed E-state index contributed by atoms with van der Waals surface area (Å²) >= 11 is 0.997. The topological polar surface area (TPSA) is 54.5 Å². The third kappa shape index (κ3) is 3.96. The molecule has 0 aliphatic rings. The second kappa shape index (κ2) is 6.91. The van der Waals surface area contributed by atoms with Crippen LogP contribution >= 0.6 is 22.0 Å². The summed E-state index contributed by atoms with van der Waals surface area (Å²) in [6.45, 7) is 8.98. The fourth-order valence-corrected chi connectivity index (χ4v) is 4.43. The van der Waals surface area contributed by atoms with Crippen molar-refractivity contribution < 1.29 is 13.2 Å². The Morgan fingerprint density at radius 1 is 1.45 bits per heavy atom. The predicted molar refractivity (Wildman–Crippen MR) is 83.1 cm³/mol. The summed E-state index contributed by atoms with van der Waals surface area (Å²) in [5.41, 5.74) is 0.872. The van der Waals surface area contributed by atoms with Crippen molar-refractivity contribution in [1.82, 2.24) is 4.90 Å². The number of halogens is 1. The van der Waals surface area contributed by atoms with Gasteiger partial charge in [-0.2, -0.15) is 0 Å². The summed E-state index contributed by atoms with van der Waals surface area (Å²) in [4.78, 5) is 14.2. The molecule has 1 aromatic heterocycles. The van der Waals surface area contributed by atoms with Crippen molar-refractivity contribution in [2.45, 2.75) is 38.3 Å². The van der Waals surface area contributed by atoms with E-state index in [0.29, 0.717) is 30.1 Å². The molecule has 1 aromatic rings. The summed E-state index contributed by atoms with van der Waals surface area (Å²) in [6, 6.07) is 0. The van der Waals surface area contributed by atoms with Gasteiger partial charge in [-0.25, -0.2) is 8.42 Å². The van der Waals surface area contributed by atoms with Gasteiger partial charge in [0.1, 0.15) is 4.21 Å². The maximum atomic E-state index is 12.5. The summed E-state index contributed by atoms with van der Waals surface area (Å²) in [6.07, 6.45) is 0.994. The number of carbonyl (C=O) groups excluding carboxylic acids is 1. The average molecular weight is 338 g/mol. The standard InChI is InChI=1S/C13H20ClNO3S2/c1-5-9(3)7-15(6-2)12(16)11-8-19-13(10(11)4)20(14,17)18/h8-9H,5-7H2,1-4H3. The van der Waals surface area contributed by atoms with Crippen molar-refractivity contribution in [3.8, 4) is 0 Å². The van der Waals surface area contributed by atoms with Gasteiger partial charge < -0.3 is 4.90 Å². The van der Waals surface area contributed by atoms with Crippen molar-refractivity contribution in [3.63, 3.8) is 0 Å². The highest BCUT2D eigenvalue weighted by Gasteiger charge is 2.25. The zero-order chi connectivity index (χ0) is 15.5. The van der Waals surface area contributed by atoms with Crippen LogP contribution in [0.15, 0.2) is 9.59 Å². The Morgan fingerprint density at radius 3 is 2.45 bits per heavy atom. The van der Waals surface area contributed by atoms with E-state index in [1.807, 2.05) is 6.92 Å². The van der Waals surface area contributed by atoms with Crippen LogP contribution in [-0.4, -0.2) is 32.3 Å². The van der Waals surface area contributed by atoms with Crippen LogP contribution in [0.3, 0.4) is 0 Å². The van der Waals surface area contributed by atoms with Gasteiger partial charge in [0.25, 0.3) is 15.0 Å². The van der Waals surface area contributed by atoms with Gasteiger partial charge in [0.05, 0.1) is 5.56 Å². The molecule has 0 saturated heterocycles. The highest BCUT2D eigenvalue weighted by molar-refractivity contribution is 8.15. The van der Waals surface area contributed by atoms with Crippen molar-refractivity contribution in [1.29, 1.82) is 0 Å². The minimum atomic E-state index is -3.79. The van der Waals surface area contributed by atoms with Crippen LogP contribution in [0, 0.1) is 12.8 Å². The lowest BCUT2D eigenvalue weighted by Gasteiger charge is -2.24. The van der Waals surface area contributed by atoms with Gasteiger partial charge in [-0.3, -0.25) is 4.79 Å². The Balaban J connectivity index is 3.06. The number of hydrogen-bond donors (Lipinski definition) is 0. The van der Waals surface area contributed by atoms with E-state index < -0.39 is 9.05 Å². The van der Waals surface area contributed by atoms with E-state index in [4.69, 9.17) is 10.7 Å². The molecule has 0 bridgehead atoms. The Labute approximate surface area is 129 Å². The third-order valence-corrected chi connectivity index (χ3v) is 6.65. The third-order valence-electron chi connectivity index (χ3n) is 3.34. The summed E-state index contributed by atoms with van der Waals surface area (Å²) in [5, 5.41) is 1.58. The van der Waals surface area contributed by atoms with E-state index >= 15 is 0 Å². The fraction of sp³-hybridized carbons (Fsp3) is 0.615. The van der Waals surface area contributed by atoms with Crippen LogP contribution in [0.2, 0.25) is 0 Å². The van der Waals surface area contributed by atoms with E-state index in [1.165, 1.54) is 0 Å². The minimum absolute atomic E-state index is 0.0575. The Morgan fingerprint density at radius 2 is 2.05 bits per heavy atom. The lowest BCUT2D eigenvalue weighted by molar-refractivity contribution is 0.0740. The molecule has 1 heterocycles. The number of thiophene rings is 1. The highest BCUT2D eigenvalue weighted by atomic mass is 35.7. The first-order valence-electron chi connectivity index (χ1n) is 6.54. The molecule has 0 aliphatic carbocycles. The van der Waals surface area contributed by atoms with E-state index in [-0.39, 0.29) is 10.1 Å². The van der Waals surface area contributed by atoms with Crippen molar-refractivity contribution >= 4 is 37.0 Å². The molecule has 1 atom stereocenters. The number of rotatable bonds is 6. The van der Waals surface area contributed by atoms with Gasteiger partial charge in [0.2, 0.25) is 0 Å². The first kappa shape index (κ1) is 17.5. The number of hydrogen-bond acceptors (Lipinski definition) is 4. The van der Waals surface area contributed by atoms with Crippen molar-refractivity contribution in [2.75, 3.05) is 13.1 Å². The van der Waals surface area contributed by atoms with Crippen LogP contribution in [0.4, 0.5) is 0 Å². The van der Waals surface area contributed by atoms with Crippen molar-refractivity contribution in [2.24, 2.45) is 5.92 Å². The molecule has 0 aromatic carbocycles. The van der Waals surface area contributed by atoms with Crippen LogP contribution in [0.25, 0.3) is 0 Å².